The second-order valence-electron chi connectivity index (χ2n) is 6.30. The molecule has 1 heterocycles. The molecule has 1 aliphatic carbocycles. The SMILES string of the molecule is S=C(Nc1ccc(Br)cc1)C1CCc2[nH]cnc2C1c1ccccc1. The molecule has 2 aromatic carbocycles. The first-order chi connectivity index (χ1) is 12.2. The van der Waals surface area contributed by atoms with Crippen LogP contribution in [0.2, 0.25) is 0 Å². The van der Waals surface area contributed by atoms with E-state index in [9.17, 15) is 0 Å². The van der Waals surface area contributed by atoms with Crippen LogP contribution in [0.4, 0.5) is 5.69 Å². The van der Waals surface area contributed by atoms with Gasteiger partial charge in [-0.3, -0.25) is 0 Å². The van der Waals surface area contributed by atoms with E-state index in [4.69, 9.17) is 12.2 Å². The van der Waals surface area contributed by atoms with Crippen LogP contribution >= 0.6 is 28.1 Å². The van der Waals surface area contributed by atoms with Crippen molar-refractivity contribution in [2.75, 3.05) is 5.32 Å². The standard InChI is InChI=1S/C20H18BrN3S/c21-14-6-8-15(9-7-14)24-20(25)16-10-11-17-19(23-12-22-17)18(16)13-4-2-1-3-5-13/h1-9,12,16,18H,10-11H2,(H,22,23)(H,24,25). The summed E-state index contributed by atoms with van der Waals surface area (Å²) in [4.78, 5) is 8.79. The highest BCUT2D eigenvalue weighted by atomic mass is 79.9. The maximum Gasteiger partial charge on any atom is 0.0925 e. The quantitative estimate of drug-likeness (QED) is 0.573. The van der Waals surface area contributed by atoms with Gasteiger partial charge in [-0.05, 0) is 42.7 Å². The molecular formula is C20H18BrN3S. The Morgan fingerprint density at radius 3 is 2.64 bits per heavy atom. The lowest BCUT2D eigenvalue weighted by molar-refractivity contribution is 0.513. The minimum absolute atomic E-state index is 0.187. The van der Waals surface area contributed by atoms with Crippen LogP contribution in [-0.4, -0.2) is 15.0 Å². The number of halogens is 1. The summed E-state index contributed by atoms with van der Waals surface area (Å²) < 4.78 is 1.06. The number of nitrogens with one attached hydrogen (secondary N) is 2. The van der Waals surface area contributed by atoms with Gasteiger partial charge in [0, 0.05) is 27.7 Å². The van der Waals surface area contributed by atoms with Crippen molar-refractivity contribution in [2.24, 2.45) is 5.92 Å². The topological polar surface area (TPSA) is 40.7 Å². The number of nitrogens with zero attached hydrogens (tertiary/aromatic N) is 1. The molecule has 25 heavy (non-hydrogen) atoms. The van der Waals surface area contributed by atoms with Crippen molar-refractivity contribution in [3.05, 3.63) is 82.3 Å². The lowest BCUT2D eigenvalue weighted by Gasteiger charge is -2.32. The molecule has 0 bridgehead atoms. The molecule has 0 saturated carbocycles. The van der Waals surface area contributed by atoms with Crippen molar-refractivity contribution in [1.29, 1.82) is 0 Å². The molecule has 3 nitrogen and oxygen atoms in total. The maximum absolute atomic E-state index is 5.81. The highest BCUT2D eigenvalue weighted by molar-refractivity contribution is 9.10. The Labute approximate surface area is 161 Å². The molecular weight excluding hydrogens is 394 g/mol. The third-order valence-electron chi connectivity index (χ3n) is 4.76. The molecule has 2 N–H and O–H groups in total. The Morgan fingerprint density at radius 1 is 1.12 bits per heavy atom. The first-order valence-electron chi connectivity index (χ1n) is 8.36. The van der Waals surface area contributed by atoms with Crippen molar-refractivity contribution in [3.8, 4) is 0 Å². The first-order valence-corrected chi connectivity index (χ1v) is 9.56. The van der Waals surface area contributed by atoms with Crippen LogP contribution in [0.1, 0.15) is 29.3 Å². The van der Waals surface area contributed by atoms with Crippen molar-refractivity contribution < 1.29 is 0 Å². The van der Waals surface area contributed by atoms with Gasteiger partial charge >= 0.3 is 0 Å². The van der Waals surface area contributed by atoms with Crippen LogP contribution in [0.3, 0.4) is 0 Å². The molecule has 3 aromatic rings. The van der Waals surface area contributed by atoms with Crippen molar-refractivity contribution >= 4 is 38.8 Å². The molecule has 0 saturated heterocycles. The zero-order valence-corrected chi connectivity index (χ0v) is 16.0. The lowest BCUT2D eigenvalue weighted by atomic mass is 9.75. The van der Waals surface area contributed by atoms with Gasteiger partial charge in [-0.1, -0.05) is 58.5 Å². The number of anilines is 1. The van der Waals surface area contributed by atoms with Gasteiger partial charge in [0.05, 0.1) is 17.0 Å². The summed E-state index contributed by atoms with van der Waals surface area (Å²) in [5.74, 6) is 0.420. The van der Waals surface area contributed by atoms with E-state index in [1.165, 1.54) is 11.3 Å². The normalized spacial score (nSPS) is 19.2. The van der Waals surface area contributed by atoms with E-state index in [2.05, 4.69) is 55.5 Å². The van der Waals surface area contributed by atoms with Gasteiger partial charge < -0.3 is 10.3 Å². The number of hydrogen-bond acceptors (Lipinski definition) is 2. The van der Waals surface area contributed by atoms with Gasteiger partial charge in [-0.2, -0.15) is 0 Å². The van der Waals surface area contributed by atoms with Crippen molar-refractivity contribution in [1.82, 2.24) is 9.97 Å². The molecule has 0 amide bonds. The second-order valence-corrected chi connectivity index (χ2v) is 7.65. The summed E-state index contributed by atoms with van der Waals surface area (Å²) in [5.41, 5.74) is 4.65. The molecule has 0 aliphatic heterocycles. The Balaban J connectivity index is 1.65. The number of rotatable bonds is 3. The van der Waals surface area contributed by atoms with Gasteiger partial charge in [0.2, 0.25) is 0 Å². The van der Waals surface area contributed by atoms with E-state index in [1.807, 2.05) is 30.3 Å². The third-order valence-corrected chi connectivity index (χ3v) is 5.69. The fraction of sp³-hybridized carbons (Fsp3) is 0.200. The number of aromatic amines is 1. The Kier molecular flexibility index (Phi) is 4.68. The number of imidazole rings is 1. The minimum Gasteiger partial charge on any atom is -0.350 e. The predicted octanol–water partition coefficient (Wildman–Crippen LogP) is 5.31. The smallest absolute Gasteiger partial charge is 0.0925 e. The van der Waals surface area contributed by atoms with Gasteiger partial charge in [0.1, 0.15) is 0 Å². The van der Waals surface area contributed by atoms with Crippen LogP contribution in [-0.2, 0) is 6.42 Å². The van der Waals surface area contributed by atoms with Crippen LogP contribution in [0.25, 0.3) is 0 Å². The molecule has 4 rings (SSSR count). The van der Waals surface area contributed by atoms with E-state index >= 15 is 0 Å². The van der Waals surface area contributed by atoms with Crippen LogP contribution in [0, 0.1) is 5.92 Å². The third kappa shape index (κ3) is 3.39. The highest BCUT2D eigenvalue weighted by Crippen LogP contribution is 2.40. The van der Waals surface area contributed by atoms with Crippen molar-refractivity contribution in [2.45, 2.75) is 18.8 Å². The second kappa shape index (κ2) is 7.10. The summed E-state index contributed by atoms with van der Waals surface area (Å²) in [6, 6.07) is 18.7. The van der Waals surface area contributed by atoms with Crippen LogP contribution < -0.4 is 5.32 Å². The zero-order chi connectivity index (χ0) is 17.2. The van der Waals surface area contributed by atoms with Crippen LogP contribution in [0.5, 0.6) is 0 Å². The molecule has 2 unspecified atom stereocenters. The average molecular weight is 412 g/mol. The molecule has 0 fully saturated rings. The van der Waals surface area contributed by atoms with Crippen LogP contribution in [0.15, 0.2) is 65.4 Å². The number of benzene rings is 2. The Morgan fingerprint density at radius 2 is 1.88 bits per heavy atom. The minimum atomic E-state index is 0.187. The van der Waals surface area contributed by atoms with Gasteiger partial charge in [0.15, 0.2) is 0 Å². The van der Waals surface area contributed by atoms with E-state index < -0.39 is 0 Å². The number of hydrogen-bond donors (Lipinski definition) is 2. The lowest BCUT2D eigenvalue weighted by Crippen LogP contribution is -2.31. The Bertz CT molecular complexity index is 873. The maximum atomic E-state index is 5.81. The molecule has 1 aliphatic rings. The monoisotopic (exact) mass is 411 g/mol. The van der Waals surface area contributed by atoms with Gasteiger partial charge in [0.25, 0.3) is 0 Å². The van der Waals surface area contributed by atoms with Gasteiger partial charge in [-0.15, -0.1) is 0 Å². The molecule has 2 atom stereocenters. The Hall–Kier alpha value is -1.98. The fourth-order valence-electron chi connectivity index (χ4n) is 3.56. The number of H-pyrrole nitrogens is 1. The van der Waals surface area contributed by atoms with E-state index in [0.717, 1.165) is 33.7 Å². The number of thiocarbonyl (C=S) groups is 1. The summed E-state index contributed by atoms with van der Waals surface area (Å²) in [6.45, 7) is 0. The average Bonchev–Trinajstić information content (AvgIpc) is 3.12. The number of aryl methyl sites for hydroxylation is 1. The molecule has 1 aromatic heterocycles. The number of aromatic nitrogens is 2. The molecule has 126 valence electrons. The van der Waals surface area contributed by atoms with E-state index in [0.29, 0.717) is 0 Å². The molecule has 0 spiro atoms. The molecule has 5 heteroatoms. The van der Waals surface area contributed by atoms with E-state index in [1.54, 1.807) is 6.33 Å². The largest absolute Gasteiger partial charge is 0.350 e. The summed E-state index contributed by atoms with van der Waals surface area (Å²) >= 11 is 9.28. The highest BCUT2D eigenvalue weighted by Gasteiger charge is 2.35. The molecule has 0 radical (unpaired) electrons. The summed E-state index contributed by atoms with van der Waals surface area (Å²) in [7, 11) is 0. The first kappa shape index (κ1) is 16.5. The predicted molar refractivity (Wildman–Crippen MR) is 109 cm³/mol. The van der Waals surface area contributed by atoms with Gasteiger partial charge in [-0.25, -0.2) is 4.98 Å². The van der Waals surface area contributed by atoms with E-state index in [-0.39, 0.29) is 11.8 Å². The van der Waals surface area contributed by atoms with Crippen molar-refractivity contribution in [3.63, 3.8) is 0 Å². The summed E-state index contributed by atoms with van der Waals surface area (Å²) in [5, 5.41) is 3.43. The summed E-state index contributed by atoms with van der Waals surface area (Å²) in [6.07, 6.45) is 3.79. The number of fused-ring (bicyclic) bond motifs is 1. The zero-order valence-electron chi connectivity index (χ0n) is 13.6. The fourth-order valence-corrected chi connectivity index (χ4v) is 4.19.